The van der Waals surface area contributed by atoms with Crippen molar-refractivity contribution >= 4 is 11.6 Å². The largest absolute Gasteiger partial charge is 0.398 e. The van der Waals surface area contributed by atoms with Gasteiger partial charge in [-0.3, -0.25) is 4.79 Å². The second-order valence-corrected chi connectivity index (χ2v) is 5.04. The number of nitrogens with zero attached hydrogens (tertiary/aromatic N) is 1. The predicted octanol–water partition coefficient (Wildman–Crippen LogP) is 3.41. The van der Waals surface area contributed by atoms with E-state index < -0.39 is 0 Å². The maximum atomic E-state index is 12.6. The van der Waals surface area contributed by atoms with Crippen molar-refractivity contribution in [2.24, 2.45) is 0 Å². The molecule has 3 nitrogen and oxygen atoms in total. The van der Waals surface area contributed by atoms with E-state index in [1.807, 2.05) is 63.4 Å². The minimum atomic E-state index is -0.0532. The van der Waals surface area contributed by atoms with E-state index in [-0.39, 0.29) is 11.9 Å². The Hall–Kier alpha value is -2.29. The van der Waals surface area contributed by atoms with Gasteiger partial charge in [0.25, 0.3) is 5.91 Å². The first-order valence-corrected chi connectivity index (χ1v) is 6.69. The van der Waals surface area contributed by atoms with Crippen LogP contribution in [0.3, 0.4) is 0 Å². The number of hydrogen-bond acceptors (Lipinski definition) is 2. The summed E-state index contributed by atoms with van der Waals surface area (Å²) in [5, 5.41) is 0. The Bertz CT molecular complexity index is 608. The van der Waals surface area contributed by atoms with Crippen molar-refractivity contribution in [3.8, 4) is 0 Å². The van der Waals surface area contributed by atoms with Crippen LogP contribution in [-0.4, -0.2) is 17.9 Å². The number of rotatable bonds is 3. The van der Waals surface area contributed by atoms with Crippen LogP contribution in [0.5, 0.6) is 0 Å². The molecule has 1 unspecified atom stereocenters. The number of carbonyl (C=O) groups excluding carboxylic acids is 1. The third-order valence-corrected chi connectivity index (χ3v) is 3.74. The summed E-state index contributed by atoms with van der Waals surface area (Å²) in [4.78, 5) is 14.3. The molecule has 0 saturated heterocycles. The van der Waals surface area contributed by atoms with Crippen molar-refractivity contribution in [1.82, 2.24) is 4.90 Å². The molecule has 2 aromatic rings. The summed E-state index contributed by atoms with van der Waals surface area (Å²) >= 11 is 0. The molecule has 0 radical (unpaired) electrons. The third kappa shape index (κ3) is 2.67. The standard InChI is InChI=1S/C17H20N2O/c1-12-8-7-11-15(16(12)18)17(20)19(3)13(2)14-9-5-4-6-10-14/h4-11,13H,18H2,1-3H3. The summed E-state index contributed by atoms with van der Waals surface area (Å²) in [5.74, 6) is -0.0532. The number of anilines is 1. The van der Waals surface area contributed by atoms with Crippen molar-refractivity contribution in [1.29, 1.82) is 0 Å². The van der Waals surface area contributed by atoms with Crippen LogP contribution < -0.4 is 5.73 Å². The lowest BCUT2D eigenvalue weighted by Crippen LogP contribution is -2.30. The molecule has 0 bridgehead atoms. The van der Waals surface area contributed by atoms with E-state index in [1.165, 1.54) is 0 Å². The first kappa shape index (κ1) is 14.1. The van der Waals surface area contributed by atoms with Gasteiger partial charge in [-0.1, -0.05) is 42.5 Å². The molecule has 20 heavy (non-hydrogen) atoms. The van der Waals surface area contributed by atoms with Gasteiger partial charge < -0.3 is 10.6 Å². The molecule has 3 heteroatoms. The molecule has 2 N–H and O–H groups in total. The van der Waals surface area contributed by atoms with E-state index in [9.17, 15) is 4.79 Å². The van der Waals surface area contributed by atoms with Crippen LogP contribution in [-0.2, 0) is 0 Å². The zero-order valence-electron chi connectivity index (χ0n) is 12.1. The topological polar surface area (TPSA) is 46.3 Å². The van der Waals surface area contributed by atoms with E-state index >= 15 is 0 Å². The highest BCUT2D eigenvalue weighted by Crippen LogP contribution is 2.23. The lowest BCUT2D eigenvalue weighted by molar-refractivity contribution is 0.0743. The molecule has 0 aliphatic heterocycles. The van der Waals surface area contributed by atoms with E-state index in [0.717, 1.165) is 11.1 Å². The summed E-state index contributed by atoms with van der Waals surface area (Å²) in [6.07, 6.45) is 0. The summed E-state index contributed by atoms with van der Waals surface area (Å²) in [5.41, 5.74) is 9.17. The van der Waals surface area contributed by atoms with E-state index in [4.69, 9.17) is 5.73 Å². The average molecular weight is 268 g/mol. The average Bonchev–Trinajstić information content (AvgIpc) is 2.48. The SMILES string of the molecule is Cc1cccc(C(=O)N(C)C(C)c2ccccc2)c1N. The molecule has 0 fully saturated rings. The molecule has 0 heterocycles. The van der Waals surface area contributed by atoms with Gasteiger partial charge in [-0.05, 0) is 31.0 Å². The molecule has 0 spiro atoms. The molecule has 0 aliphatic rings. The quantitative estimate of drug-likeness (QED) is 0.867. The maximum Gasteiger partial charge on any atom is 0.256 e. The van der Waals surface area contributed by atoms with Crippen LogP contribution in [0.2, 0.25) is 0 Å². The highest BCUT2D eigenvalue weighted by molar-refractivity contribution is 5.99. The second-order valence-electron chi connectivity index (χ2n) is 5.04. The van der Waals surface area contributed by atoms with Crippen LogP contribution in [0.25, 0.3) is 0 Å². The minimum absolute atomic E-state index is 0.00334. The van der Waals surface area contributed by atoms with Gasteiger partial charge in [-0.2, -0.15) is 0 Å². The second kappa shape index (κ2) is 5.78. The van der Waals surface area contributed by atoms with Crippen LogP contribution in [0, 0.1) is 6.92 Å². The lowest BCUT2D eigenvalue weighted by atomic mass is 10.0. The molecular formula is C17H20N2O. The van der Waals surface area contributed by atoms with E-state index in [0.29, 0.717) is 11.3 Å². The maximum absolute atomic E-state index is 12.6. The molecule has 0 aromatic heterocycles. The van der Waals surface area contributed by atoms with Gasteiger partial charge in [0, 0.05) is 12.7 Å². The van der Waals surface area contributed by atoms with E-state index in [1.54, 1.807) is 11.0 Å². The predicted molar refractivity (Wildman–Crippen MR) is 82.5 cm³/mol. The molecule has 0 aliphatic carbocycles. The zero-order chi connectivity index (χ0) is 14.7. The summed E-state index contributed by atoms with van der Waals surface area (Å²) < 4.78 is 0. The van der Waals surface area contributed by atoms with Crippen LogP contribution in [0.15, 0.2) is 48.5 Å². The molecule has 104 valence electrons. The van der Waals surface area contributed by atoms with Crippen molar-refractivity contribution in [2.75, 3.05) is 12.8 Å². The van der Waals surface area contributed by atoms with Gasteiger partial charge in [0.15, 0.2) is 0 Å². The fourth-order valence-corrected chi connectivity index (χ4v) is 2.19. The highest BCUT2D eigenvalue weighted by Gasteiger charge is 2.20. The molecule has 1 amide bonds. The van der Waals surface area contributed by atoms with Gasteiger partial charge in [0.1, 0.15) is 0 Å². The highest BCUT2D eigenvalue weighted by atomic mass is 16.2. The number of nitrogens with two attached hydrogens (primary N) is 1. The van der Waals surface area contributed by atoms with Crippen molar-refractivity contribution in [3.05, 3.63) is 65.2 Å². The number of benzene rings is 2. The third-order valence-electron chi connectivity index (χ3n) is 3.74. The van der Waals surface area contributed by atoms with Crippen molar-refractivity contribution in [3.63, 3.8) is 0 Å². The van der Waals surface area contributed by atoms with E-state index in [2.05, 4.69) is 0 Å². The first-order valence-electron chi connectivity index (χ1n) is 6.69. The number of amides is 1. The Kier molecular flexibility index (Phi) is 4.08. The number of hydrogen-bond donors (Lipinski definition) is 1. The Morgan fingerprint density at radius 1 is 1.10 bits per heavy atom. The van der Waals surface area contributed by atoms with Crippen molar-refractivity contribution in [2.45, 2.75) is 19.9 Å². The van der Waals surface area contributed by atoms with Crippen LogP contribution in [0.4, 0.5) is 5.69 Å². The summed E-state index contributed by atoms with van der Waals surface area (Å²) in [6.45, 7) is 3.92. The van der Waals surface area contributed by atoms with Gasteiger partial charge in [0.2, 0.25) is 0 Å². The van der Waals surface area contributed by atoms with Gasteiger partial charge in [-0.25, -0.2) is 0 Å². The summed E-state index contributed by atoms with van der Waals surface area (Å²) in [7, 11) is 1.81. The fourth-order valence-electron chi connectivity index (χ4n) is 2.19. The minimum Gasteiger partial charge on any atom is -0.398 e. The first-order chi connectivity index (χ1) is 9.52. The summed E-state index contributed by atoms with van der Waals surface area (Å²) in [6, 6.07) is 15.5. The van der Waals surface area contributed by atoms with Gasteiger partial charge >= 0.3 is 0 Å². The lowest BCUT2D eigenvalue weighted by Gasteiger charge is -2.26. The van der Waals surface area contributed by atoms with Crippen LogP contribution >= 0.6 is 0 Å². The zero-order valence-corrected chi connectivity index (χ0v) is 12.1. The Morgan fingerprint density at radius 3 is 2.40 bits per heavy atom. The Morgan fingerprint density at radius 2 is 1.75 bits per heavy atom. The number of nitrogen functional groups attached to an aromatic ring is 1. The Labute approximate surface area is 120 Å². The number of carbonyl (C=O) groups is 1. The molecule has 2 aromatic carbocycles. The molecule has 1 atom stereocenters. The van der Waals surface area contributed by atoms with Crippen LogP contribution in [0.1, 0.15) is 34.5 Å². The molecule has 0 saturated carbocycles. The smallest absolute Gasteiger partial charge is 0.256 e. The van der Waals surface area contributed by atoms with Crippen molar-refractivity contribution < 1.29 is 4.79 Å². The van der Waals surface area contributed by atoms with Gasteiger partial charge in [-0.15, -0.1) is 0 Å². The van der Waals surface area contributed by atoms with Gasteiger partial charge in [0.05, 0.1) is 11.6 Å². The number of para-hydroxylation sites is 1. The molecule has 2 rings (SSSR count). The Balaban J connectivity index is 2.27. The molecular weight excluding hydrogens is 248 g/mol. The fraction of sp³-hybridized carbons (Fsp3) is 0.235. The number of aryl methyl sites for hydroxylation is 1. The monoisotopic (exact) mass is 268 g/mol. The normalized spacial score (nSPS) is 11.9.